The highest BCUT2D eigenvalue weighted by molar-refractivity contribution is 5.81. The van der Waals surface area contributed by atoms with Gasteiger partial charge in [0.05, 0.1) is 12.1 Å². The van der Waals surface area contributed by atoms with Crippen molar-refractivity contribution in [2.45, 2.75) is 79.0 Å². The maximum absolute atomic E-state index is 12.5. The van der Waals surface area contributed by atoms with Crippen LogP contribution in [-0.2, 0) is 4.79 Å². The van der Waals surface area contributed by atoms with Gasteiger partial charge in [0, 0.05) is 18.0 Å². The number of hydrogen-bond donors (Lipinski definition) is 2. The molecule has 1 aliphatic rings. The number of nitrogens with one attached hydrogen (secondary N) is 1. The smallest absolute Gasteiger partial charge is 0.237 e. The van der Waals surface area contributed by atoms with E-state index in [-0.39, 0.29) is 23.3 Å². The highest BCUT2D eigenvalue weighted by Gasteiger charge is 2.34. The zero-order valence-corrected chi connectivity index (χ0v) is 14.6. The Morgan fingerprint density at radius 2 is 1.90 bits per heavy atom. The Kier molecular flexibility index (Phi) is 6.67. The summed E-state index contributed by atoms with van der Waals surface area (Å²) in [5.74, 6) is 0.311. The van der Waals surface area contributed by atoms with Crippen LogP contribution in [0.15, 0.2) is 0 Å². The first-order valence-corrected chi connectivity index (χ1v) is 8.38. The van der Waals surface area contributed by atoms with Gasteiger partial charge in [0.1, 0.15) is 0 Å². The molecular formula is C17H34N2O2. The van der Waals surface area contributed by atoms with Crippen molar-refractivity contribution in [1.29, 1.82) is 0 Å². The molecule has 1 fully saturated rings. The number of carbonyl (C=O) groups is 1. The van der Waals surface area contributed by atoms with Crippen molar-refractivity contribution in [1.82, 2.24) is 10.2 Å². The molecule has 0 saturated carbocycles. The molecule has 4 heteroatoms. The van der Waals surface area contributed by atoms with E-state index in [1.54, 1.807) is 0 Å². The Labute approximate surface area is 130 Å². The average Bonchev–Trinajstić information content (AvgIpc) is 2.43. The maximum atomic E-state index is 12.5. The number of aliphatic hydroxyl groups is 1. The van der Waals surface area contributed by atoms with Gasteiger partial charge in [-0.1, -0.05) is 34.1 Å². The highest BCUT2D eigenvalue weighted by Crippen LogP contribution is 2.26. The fourth-order valence-corrected chi connectivity index (χ4v) is 3.29. The van der Waals surface area contributed by atoms with Crippen LogP contribution in [-0.4, -0.2) is 47.2 Å². The first-order chi connectivity index (χ1) is 9.66. The summed E-state index contributed by atoms with van der Waals surface area (Å²) in [6.07, 6.45) is 2.83. The van der Waals surface area contributed by atoms with Crippen molar-refractivity contribution in [3.8, 4) is 0 Å². The molecule has 1 rings (SSSR count). The molecule has 2 atom stereocenters. The number of piperidine rings is 1. The fraction of sp³-hybridized carbons (Fsp3) is 0.941. The zero-order valence-electron chi connectivity index (χ0n) is 14.6. The molecule has 21 heavy (non-hydrogen) atoms. The summed E-state index contributed by atoms with van der Waals surface area (Å²) < 4.78 is 0. The van der Waals surface area contributed by atoms with Gasteiger partial charge in [-0.15, -0.1) is 0 Å². The Balaban J connectivity index is 2.59. The average molecular weight is 298 g/mol. The monoisotopic (exact) mass is 298 g/mol. The topological polar surface area (TPSA) is 52.6 Å². The molecule has 0 aliphatic carbocycles. The Morgan fingerprint density at radius 3 is 2.43 bits per heavy atom. The van der Waals surface area contributed by atoms with Crippen LogP contribution >= 0.6 is 0 Å². The lowest BCUT2D eigenvalue weighted by molar-refractivity contribution is -0.129. The molecule has 0 bridgehead atoms. The third-order valence-electron chi connectivity index (χ3n) is 4.66. The van der Waals surface area contributed by atoms with E-state index in [4.69, 9.17) is 0 Å². The van der Waals surface area contributed by atoms with Gasteiger partial charge in [-0.25, -0.2) is 0 Å². The fourth-order valence-electron chi connectivity index (χ4n) is 3.29. The van der Waals surface area contributed by atoms with Crippen molar-refractivity contribution in [2.24, 2.45) is 11.3 Å². The molecule has 2 unspecified atom stereocenters. The number of aliphatic hydroxyl groups excluding tert-OH is 1. The molecule has 4 nitrogen and oxygen atoms in total. The van der Waals surface area contributed by atoms with Crippen molar-refractivity contribution < 1.29 is 9.90 Å². The summed E-state index contributed by atoms with van der Waals surface area (Å²) in [7, 11) is 0. The summed E-state index contributed by atoms with van der Waals surface area (Å²) in [5.41, 5.74) is -0.304. The third-order valence-corrected chi connectivity index (χ3v) is 4.66. The molecule has 0 radical (unpaired) electrons. The second-order valence-electron chi connectivity index (χ2n) is 7.74. The van der Waals surface area contributed by atoms with Crippen LogP contribution in [0.1, 0.15) is 60.8 Å². The molecule has 1 heterocycles. The molecule has 0 spiro atoms. The van der Waals surface area contributed by atoms with E-state index in [0.29, 0.717) is 12.6 Å². The molecule has 1 saturated heterocycles. The summed E-state index contributed by atoms with van der Waals surface area (Å²) in [5, 5.41) is 13.3. The Hall–Kier alpha value is -0.610. The number of hydrogen-bond acceptors (Lipinski definition) is 3. The molecule has 124 valence electrons. The van der Waals surface area contributed by atoms with E-state index >= 15 is 0 Å². The quantitative estimate of drug-likeness (QED) is 0.792. The second-order valence-corrected chi connectivity index (χ2v) is 7.74. The number of amides is 1. The second kappa shape index (κ2) is 7.59. The number of rotatable bonds is 6. The lowest BCUT2D eigenvalue weighted by atomic mass is 9.80. The van der Waals surface area contributed by atoms with Gasteiger partial charge in [0.2, 0.25) is 5.91 Å². The van der Waals surface area contributed by atoms with Crippen molar-refractivity contribution in [3.05, 3.63) is 0 Å². The van der Waals surface area contributed by atoms with Crippen LogP contribution in [0.2, 0.25) is 0 Å². The summed E-state index contributed by atoms with van der Waals surface area (Å²) in [6, 6.07) is 0.390. The number of carbonyl (C=O) groups excluding carboxylic acids is 1. The van der Waals surface area contributed by atoms with Crippen molar-refractivity contribution >= 4 is 5.91 Å². The van der Waals surface area contributed by atoms with E-state index in [0.717, 1.165) is 19.4 Å². The van der Waals surface area contributed by atoms with Gasteiger partial charge in [0.15, 0.2) is 0 Å². The van der Waals surface area contributed by atoms with Crippen LogP contribution in [0.3, 0.4) is 0 Å². The van der Waals surface area contributed by atoms with Crippen molar-refractivity contribution in [2.75, 3.05) is 13.1 Å². The van der Waals surface area contributed by atoms with Crippen LogP contribution in [0, 0.1) is 11.3 Å². The van der Waals surface area contributed by atoms with Gasteiger partial charge in [0.25, 0.3) is 0 Å². The van der Waals surface area contributed by atoms with E-state index < -0.39 is 6.10 Å². The van der Waals surface area contributed by atoms with Gasteiger partial charge >= 0.3 is 0 Å². The van der Waals surface area contributed by atoms with Gasteiger partial charge in [-0.05, 0) is 39.2 Å². The predicted octanol–water partition coefficient (Wildman–Crippen LogP) is 2.41. The summed E-state index contributed by atoms with van der Waals surface area (Å²) in [6.45, 7) is 13.9. The minimum Gasteiger partial charge on any atom is -0.392 e. The zero-order chi connectivity index (χ0) is 16.2. The SMILES string of the molecule is CC(C)C(O)C(C)(C)CNC(=O)C1CCCCN1C(C)C. The summed E-state index contributed by atoms with van der Waals surface area (Å²) >= 11 is 0. The van der Waals surface area contributed by atoms with E-state index in [9.17, 15) is 9.90 Å². The number of nitrogens with zero attached hydrogens (tertiary/aromatic N) is 1. The standard InChI is InChI=1S/C17H34N2O2/c1-12(2)15(20)17(5,6)11-18-16(21)14-9-7-8-10-19(14)13(3)4/h12-15,20H,7-11H2,1-6H3,(H,18,21). The molecule has 2 N–H and O–H groups in total. The van der Waals surface area contributed by atoms with Gasteiger partial charge < -0.3 is 10.4 Å². The molecule has 0 aromatic rings. The maximum Gasteiger partial charge on any atom is 0.237 e. The first-order valence-electron chi connectivity index (χ1n) is 8.38. The normalized spacial score (nSPS) is 22.6. The van der Waals surface area contributed by atoms with E-state index in [1.165, 1.54) is 6.42 Å². The minimum atomic E-state index is -0.412. The molecule has 0 aromatic carbocycles. The van der Waals surface area contributed by atoms with Gasteiger partial charge in [-0.2, -0.15) is 0 Å². The third kappa shape index (κ3) is 4.96. The van der Waals surface area contributed by atoms with E-state index in [1.807, 2.05) is 27.7 Å². The predicted molar refractivity (Wildman–Crippen MR) is 87.1 cm³/mol. The van der Waals surface area contributed by atoms with Crippen LogP contribution in [0.5, 0.6) is 0 Å². The minimum absolute atomic E-state index is 0.00857. The Bertz CT molecular complexity index is 340. The lowest BCUT2D eigenvalue weighted by Crippen LogP contribution is -2.54. The lowest BCUT2D eigenvalue weighted by Gasteiger charge is -2.39. The Morgan fingerprint density at radius 1 is 1.29 bits per heavy atom. The molecule has 1 amide bonds. The van der Waals surface area contributed by atoms with Gasteiger partial charge in [-0.3, -0.25) is 9.69 Å². The van der Waals surface area contributed by atoms with E-state index in [2.05, 4.69) is 24.1 Å². The molecular weight excluding hydrogens is 264 g/mol. The van der Waals surface area contributed by atoms with Crippen LogP contribution < -0.4 is 5.32 Å². The highest BCUT2D eigenvalue weighted by atomic mass is 16.3. The molecule has 1 aliphatic heterocycles. The first kappa shape index (κ1) is 18.4. The summed E-state index contributed by atoms with van der Waals surface area (Å²) in [4.78, 5) is 14.8. The molecule has 0 aromatic heterocycles. The number of likely N-dealkylation sites (tertiary alicyclic amines) is 1. The largest absolute Gasteiger partial charge is 0.392 e. The van der Waals surface area contributed by atoms with Crippen LogP contribution in [0.4, 0.5) is 0 Å². The van der Waals surface area contributed by atoms with Crippen molar-refractivity contribution in [3.63, 3.8) is 0 Å². The van der Waals surface area contributed by atoms with Crippen LogP contribution in [0.25, 0.3) is 0 Å².